The van der Waals surface area contributed by atoms with Crippen molar-refractivity contribution in [2.75, 3.05) is 24.5 Å². The van der Waals surface area contributed by atoms with Crippen molar-refractivity contribution in [1.29, 1.82) is 0 Å². The van der Waals surface area contributed by atoms with Crippen LogP contribution in [0.2, 0.25) is 0 Å². The number of piperidine rings is 1. The fourth-order valence-corrected chi connectivity index (χ4v) is 4.89. The molecule has 5 rings (SSSR count). The molecule has 12 heteroatoms. The van der Waals surface area contributed by atoms with Crippen LogP contribution in [0.1, 0.15) is 36.9 Å². The summed E-state index contributed by atoms with van der Waals surface area (Å²) in [5.41, 5.74) is 5.42. The molecule has 2 N–H and O–H groups in total. The third-order valence-electron chi connectivity index (χ3n) is 6.86. The zero-order valence-electron chi connectivity index (χ0n) is 19.6. The maximum atomic E-state index is 15.3. The Bertz CT molecular complexity index is 1230. The van der Waals surface area contributed by atoms with Crippen LogP contribution in [0.4, 0.5) is 23.4 Å². The second-order valence-electron chi connectivity index (χ2n) is 9.62. The number of fused-ring (bicyclic) bond motifs is 1. The summed E-state index contributed by atoms with van der Waals surface area (Å²) < 4.78 is 55.8. The van der Waals surface area contributed by atoms with Crippen LogP contribution in [0.5, 0.6) is 0 Å². The first-order valence-electron chi connectivity index (χ1n) is 12.0. The summed E-state index contributed by atoms with van der Waals surface area (Å²) in [6.07, 6.45) is 3.08. The Kier molecular flexibility index (Phi) is 6.54. The summed E-state index contributed by atoms with van der Waals surface area (Å²) in [7, 11) is 0. The largest absolute Gasteiger partial charge is 0.433 e. The first-order chi connectivity index (χ1) is 17.2. The summed E-state index contributed by atoms with van der Waals surface area (Å²) in [6.45, 7) is 2.62. The second kappa shape index (κ2) is 9.64. The maximum absolute atomic E-state index is 15.3. The first kappa shape index (κ1) is 24.4. The normalized spacial score (nSPS) is 17.6. The van der Waals surface area contributed by atoms with E-state index in [1.54, 1.807) is 0 Å². The minimum Gasteiger partial charge on any atom is -0.369 e. The van der Waals surface area contributed by atoms with E-state index in [0.717, 1.165) is 44.8 Å². The molecule has 1 saturated heterocycles. The van der Waals surface area contributed by atoms with Gasteiger partial charge in [0, 0.05) is 31.5 Å². The monoisotopic (exact) mass is 505 g/mol. The van der Waals surface area contributed by atoms with Crippen LogP contribution in [0, 0.1) is 11.7 Å². The van der Waals surface area contributed by atoms with Crippen molar-refractivity contribution in [3.8, 4) is 0 Å². The Morgan fingerprint density at radius 1 is 1.11 bits per heavy atom. The molecule has 3 aromatic rings. The topological polar surface area (TPSA) is 93.2 Å². The van der Waals surface area contributed by atoms with Gasteiger partial charge in [-0.25, -0.2) is 14.4 Å². The third kappa shape index (κ3) is 5.28. The highest BCUT2D eigenvalue weighted by atomic mass is 19.4. The van der Waals surface area contributed by atoms with E-state index in [2.05, 4.69) is 15.0 Å². The van der Waals surface area contributed by atoms with E-state index in [9.17, 15) is 18.0 Å². The number of aromatic nitrogens is 4. The number of hydrogen-bond donors (Lipinski definition) is 1. The Morgan fingerprint density at radius 3 is 2.47 bits per heavy atom. The molecule has 192 valence electrons. The van der Waals surface area contributed by atoms with E-state index in [1.165, 1.54) is 24.8 Å². The van der Waals surface area contributed by atoms with Gasteiger partial charge in [0.2, 0.25) is 5.91 Å². The molecule has 3 aromatic heterocycles. The van der Waals surface area contributed by atoms with Crippen LogP contribution >= 0.6 is 0 Å². The number of halogens is 4. The van der Waals surface area contributed by atoms with Gasteiger partial charge in [0.25, 0.3) is 0 Å². The number of amides is 1. The molecule has 1 aliphatic heterocycles. The molecule has 0 atom stereocenters. The molecule has 2 fully saturated rings. The minimum absolute atomic E-state index is 0.128. The first-order valence-corrected chi connectivity index (χ1v) is 12.0. The number of anilines is 1. The van der Waals surface area contributed by atoms with Crippen molar-refractivity contribution in [2.24, 2.45) is 11.7 Å². The standard InChI is InChI=1S/C24H27F4N7O/c25-18-12-34(10-15-5-7-33(8-6-15)13-20(29)36)22-21(18)23(32-14-31-22)35(17-2-3-17)11-16-1-4-19(30-9-16)24(26,27)28/h1,4,9,12,14-15,17H,2-3,5-8,10-11,13H2,(H2,29,36). The Hall–Kier alpha value is -3.28. The van der Waals surface area contributed by atoms with Crippen molar-refractivity contribution < 1.29 is 22.4 Å². The molecule has 1 aliphatic carbocycles. The maximum Gasteiger partial charge on any atom is 0.433 e. The molecule has 36 heavy (non-hydrogen) atoms. The van der Waals surface area contributed by atoms with Gasteiger partial charge in [-0.3, -0.25) is 14.7 Å². The van der Waals surface area contributed by atoms with E-state index >= 15 is 4.39 Å². The van der Waals surface area contributed by atoms with E-state index in [-0.39, 0.29) is 25.0 Å². The molecular formula is C24H27F4N7O. The van der Waals surface area contributed by atoms with Crippen LogP contribution in [-0.2, 0) is 24.1 Å². The molecule has 8 nitrogen and oxygen atoms in total. The van der Waals surface area contributed by atoms with Gasteiger partial charge in [0.1, 0.15) is 23.5 Å². The smallest absolute Gasteiger partial charge is 0.369 e. The number of hydrogen-bond acceptors (Lipinski definition) is 6. The molecule has 4 heterocycles. The van der Waals surface area contributed by atoms with Crippen LogP contribution < -0.4 is 10.6 Å². The molecule has 1 amide bonds. The van der Waals surface area contributed by atoms with Crippen molar-refractivity contribution in [1.82, 2.24) is 24.4 Å². The number of alkyl halides is 3. The van der Waals surface area contributed by atoms with Gasteiger partial charge in [-0.1, -0.05) is 6.07 Å². The number of rotatable bonds is 8. The lowest BCUT2D eigenvalue weighted by atomic mass is 9.96. The van der Waals surface area contributed by atoms with E-state index in [1.807, 2.05) is 14.4 Å². The van der Waals surface area contributed by atoms with Crippen molar-refractivity contribution in [3.63, 3.8) is 0 Å². The van der Waals surface area contributed by atoms with Crippen LogP contribution in [-0.4, -0.2) is 56.0 Å². The van der Waals surface area contributed by atoms with Crippen LogP contribution in [0.3, 0.4) is 0 Å². The number of carbonyl (C=O) groups is 1. The summed E-state index contributed by atoms with van der Waals surface area (Å²) in [5.74, 6) is -0.0263. The molecule has 0 aromatic carbocycles. The Balaban J connectivity index is 1.36. The third-order valence-corrected chi connectivity index (χ3v) is 6.86. The molecule has 0 bridgehead atoms. The molecule has 2 aliphatic rings. The van der Waals surface area contributed by atoms with Gasteiger partial charge in [-0.05, 0) is 56.3 Å². The lowest BCUT2D eigenvalue weighted by Gasteiger charge is -2.31. The van der Waals surface area contributed by atoms with Gasteiger partial charge in [-0.2, -0.15) is 13.2 Å². The molecule has 1 saturated carbocycles. The van der Waals surface area contributed by atoms with Gasteiger partial charge in [0.05, 0.1) is 11.9 Å². The van der Waals surface area contributed by atoms with E-state index in [0.29, 0.717) is 34.9 Å². The van der Waals surface area contributed by atoms with E-state index in [4.69, 9.17) is 5.73 Å². The highest BCUT2D eigenvalue weighted by molar-refractivity contribution is 5.89. The average Bonchev–Trinajstić information content (AvgIpc) is 3.62. The van der Waals surface area contributed by atoms with Gasteiger partial charge < -0.3 is 15.2 Å². The number of primary amides is 1. The van der Waals surface area contributed by atoms with Crippen molar-refractivity contribution >= 4 is 22.8 Å². The zero-order chi connectivity index (χ0) is 25.4. The summed E-state index contributed by atoms with van der Waals surface area (Å²) >= 11 is 0. The Morgan fingerprint density at radius 2 is 1.86 bits per heavy atom. The predicted molar refractivity (Wildman–Crippen MR) is 124 cm³/mol. The van der Waals surface area contributed by atoms with Crippen molar-refractivity contribution in [2.45, 2.75) is 51.0 Å². The van der Waals surface area contributed by atoms with Gasteiger partial charge in [0.15, 0.2) is 5.82 Å². The van der Waals surface area contributed by atoms with Gasteiger partial charge >= 0.3 is 6.18 Å². The lowest BCUT2D eigenvalue weighted by molar-refractivity contribution is -0.141. The number of carbonyl (C=O) groups excluding carboxylic acids is 1. The fraction of sp³-hybridized carbons (Fsp3) is 0.500. The Labute approximate surface area is 205 Å². The molecule has 0 unspecified atom stereocenters. The summed E-state index contributed by atoms with van der Waals surface area (Å²) in [6, 6.07) is 2.49. The number of pyridine rings is 1. The molecule has 0 spiro atoms. The summed E-state index contributed by atoms with van der Waals surface area (Å²) in [5, 5.41) is 0.315. The quantitative estimate of drug-likeness (QED) is 0.472. The number of nitrogens with zero attached hydrogens (tertiary/aromatic N) is 6. The summed E-state index contributed by atoms with van der Waals surface area (Å²) in [4.78, 5) is 27.4. The predicted octanol–water partition coefficient (Wildman–Crippen LogP) is 3.35. The molecule has 0 radical (unpaired) electrons. The zero-order valence-corrected chi connectivity index (χ0v) is 19.6. The number of likely N-dealkylation sites (tertiary alicyclic amines) is 1. The van der Waals surface area contributed by atoms with E-state index < -0.39 is 17.7 Å². The minimum atomic E-state index is -4.50. The lowest BCUT2D eigenvalue weighted by Crippen LogP contribution is -2.40. The van der Waals surface area contributed by atoms with Crippen molar-refractivity contribution in [3.05, 3.63) is 47.9 Å². The average molecular weight is 506 g/mol. The second-order valence-corrected chi connectivity index (χ2v) is 9.62. The molecular weight excluding hydrogens is 478 g/mol. The van der Waals surface area contributed by atoms with Crippen LogP contribution in [0.25, 0.3) is 11.0 Å². The fourth-order valence-electron chi connectivity index (χ4n) is 4.89. The van der Waals surface area contributed by atoms with Crippen LogP contribution in [0.15, 0.2) is 30.9 Å². The highest BCUT2D eigenvalue weighted by Gasteiger charge is 2.34. The number of nitrogens with two attached hydrogens (primary N) is 1. The SMILES string of the molecule is NC(=O)CN1CCC(Cn2cc(F)c3c(N(Cc4ccc(C(F)(F)F)nc4)C4CC4)ncnc32)CC1. The highest BCUT2D eigenvalue weighted by Crippen LogP contribution is 2.37. The van der Waals surface area contributed by atoms with Gasteiger partial charge in [-0.15, -0.1) is 0 Å².